The molecular weight excluding hydrogens is 188 g/mol. The highest BCUT2D eigenvalue weighted by atomic mass is 16.6. The predicted octanol–water partition coefficient (Wildman–Crippen LogP) is 2.87. The van der Waals surface area contributed by atoms with Gasteiger partial charge >= 0.3 is 0 Å². The smallest absolute Gasteiger partial charge is 0.139 e. The van der Waals surface area contributed by atoms with E-state index < -0.39 is 0 Å². The highest BCUT2D eigenvalue weighted by molar-refractivity contribution is 5.84. The van der Waals surface area contributed by atoms with Crippen molar-refractivity contribution in [3.63, 3.8) is 0 Å². The van der Waals surface area contributed by atoms with Crippen molar-refractivity contribution in [2.75, 3.05) is 0 Å². The number of hydrogen-bond acceptors (Lipinski definition) is 2. The molecule has 2 heteroatoms. The van der Waals surface area contributed by atoms with Crippen molar-refractivity contribution in [2.24, 2.45) is 5.41 Å². The summed E-state index contributed by atoms with van der Waals surface area (Å²) in [6.07, 6.45) is 6.63. The van der Waals surface area contributed by atoms with Gasteiger partial charge in [0.15, 0.2) is 0 Å². The summed E-state index contributed by atoms with van der Waals surface area (Å²) in [5.74, 6) is 0.387. The van der Waals surface area contributed by atoms with Gasteiger partial charge in [0, 0.05) is 11.8 Å². The number of carbonyl (C=O) groups excluding carboxylic acids is 1. The van der Waals surface area contributed by atoms with Gasteiger partial charge in [-0.05, 0) is 32.6 Å². The van der Waals surface area contributed by atoms with Gasteiger partial charge in [-0.15, -0.1) is 6.58 Å². The molecule has 0 amide bonds. The number of ether oxygens (including phenoxy) is 1. The average molecular weight is 208 g/mol. The highest BCUT2D eigenvalue weighted by Crippen LogP contribution is 2.54. The Kier molecular flexibility index (Phi) is 2.50. The van der Waals surface area contributed by atoms with E-state index in [2.05, 4.69) is 20.4 Å². The first-order chi connectivity index (χ1) is 7.00. The van der Waals surface area contributed by atoms with E-state index in [1.54, 1.807) is 0 Å². The molecule has 0 aromatic carbocycles. The summed E-state index contributed by atoms with van der Waals surface area (Å²) in [6, 6.07) is 0. The van der Waals surface area contributed by atoms with Gasteiger partial charge in [-0.1, -0.05) is 13.0 Å². The highest BCUT2D eigenvalue weighted by Gasteiger charge is 2.59. The van der Waals surface area contributed by atoms with Crippen molar-refractivity contribution >= 4 is 5.78 Å². The van der Waals surface area contributed by atoms with Crippen LogP contribution in [0.3, 0.4) is 0 Å². The van der Waals surface area contributed by atoms with E-state index in [9.17, 15) is 4.79 Å². The van der Waals surface area contributed by atoms with Crippen LogP contribution in [0, 0.1) is 5.41 Å². The zero-order valence-corrected chi connectivity index (χ0v) is 9.71. The fourth-order valence-electron chi connectivity index (χ4n) is 2.90. The summed E-state index contributed by atoms with van der Waals surface area (Å²) in [5, 5.41) is 0. The number of allylic oxidation sites excluding steroid dienone is 1. The van der Waals surface area contributed by atoms with Gasteiger partial charge in [0.2, 0.25) is 0 Å². The molecule has 1 aliphatic heterocycles. The Morgan fingerprint density at radius 1 is 1.60 bits per heavy atom. The quantitative estimate of drug-likeness (QED) is 0.525. The van der Waals surface area contributed by atoms with Gasteiger partial charge in [-0.3, -0.25) is 4.79 Å². The molecule has 0 radical (unpaired) electrons. The van der Waals surface area contributed by atoms with Crippen molar-refractivity contribution in [2.45, 2.75) is 57.7 Å². The lowest BCUT2D eigenvalue weighted by Crippen LogP contribution is -2.37. The first-order valence-corrected chi connectivity index (χ1v) is 5.82. The molecule has 0 spiro atoms. The Labute approximate surface area is 91.7 Å². The lowest BCUT2D eigenvalue weighted by molar-refractivity contribution is -0.129. The van der Waals surface area contributed by atoms with Crippen LogP contribution < -0.4 is 0 Å². The van der Waals surface area contributed by atoms with Crippen molar-refractivity contribution in [3.8, 4) is 0 Å². The maximum Gasteiger partial charge on any atom is 0.139 e. The van der Waals surface area contributed by atoms with Crippen LogP contribution in [0.2, 0.25) is 0 Å². The van der Waals surface area contributed by atoms with Crippen LogP contribution in [0.5, 0.6) is 0 Å². The Bertz CT molecular complexity index is 297. The molecule has 1 aliphatic carbocycles. The van der Waals surface area contributed by atoms with E-state index in [4.69, 9.17) is 4.74 Å². The van der Waals surface area contributed by atoms with Crippen molar-refractivity contribution < 1.29 is 9.53 Å². The lowest BCUT2D eigenvalue weighted by atomic mass is 9.68. The van der Waals surface area contributed by atoms with E-state index in [1.807, 2.05) is 6.08 Å². The Morgan fingerprint density at radius 2 is 2.33 bits per heavy atom. The van der Waals surface area contributed by atoms with Crippen molar-refractivity contribution in [1.82, 2.24) is 0 Å². The van der Waals surface area contributed by atoms with E-state index in [1.165, 1.54) is 0 Å². The number of epoxide rings is 1. The monoisotopic (exact) mass is 208 g/mol. The molecule has 2 rings (SSSR count). The maximum atomic E-state index is 12.1. The second-order valence-electron chi connectivity index (χ2n) is 5.45. The second kappa shape index (κ2) is 3.44. The fraction of sp³-hybridized carbons (Fsp3) is 0.769. The summed E-state index contributed by atoms with van der Waals surface area (Å²) in [4.78, 5) is 12.1. The minimum atomic E-state index is -0.148. The zero-order chi connectivity index (χ0) is 11.1. The van der Waals surface area contributed by atoms with Gasteiger partial charge in [0.05, 0.1) is 11.7 Å². The molecule has 84 valence electrons. The van der Waals surface area contributed by atoms with Crippen LogP contribution >= 0.6 is 0 Å². The average Bonchev–Trinajstić information content (AvgIpc) is 2.84. The van der Waals surface area contributed by atoms with Crippen LogP contribution in [-0.2, 0) is 9.53 Å². The number of ketones is 1. The van der Waals surface area contributed by atoms with Crippen LogP contribution in [-0.4, -0.2) is 17.5 Å². The SMILES string of the molecule is C=CCCC(=O)C1(C)CCC2OC2(C)C1. The first kappa shape index (κ1) is 10.9. The zero-order valence-electron chi connectivity index (χ0n) is 9.71. The molecule has 0 N–H and O–H groups in total. The third-order valence-corrected chi connectivity index (χ3v) is 3.98. The molecule has 3 unspecified atom stereocenters. The van der Waals surface area contributed by atoms with Crippen LogP contribution in [0.15, 0.2) is 12.7 Å². The molecule has 0 bridgehead atoms. The molecule has 1 saturated carbocycles. The van der Waals surface area contributed by atoms with Crippen LogP contribution in [0.1, 0.15) is 46.0 Å². The minimum absolute atomic E-state index is 0.0108. The maximum absolute atomic E-state index is 12.1. The standard InChI is InChI=1S/C13H20O2/c1-4-5-6-10(14)12(2)8-7-11-13(3,9-12)15-11/h4,11H,1,5-9H2,2-3H3. The normalized spacial score (nSPS) is 43.2. The number of hydrogen-bond donors (Lipinski definition) is 0. The Hall–Kier alpha value is -0.630. The number of rotatable bonds is 4. The summed E-state index contributed by atoms with van der Waals surface area (Å²) >= 11 is 0. The third-order valence-electron chi connectivity index (χ3n) is 3.98. The molecule has 2 aliphatic rings. The van der Waals surface area contributed by atoms with E-state index in [0.717, 1.165) is 25.7 Å². The van der Waals surface area contributed by atoms with Crippen molar-refractivity contribution in [3.05, 3.63) is 12.7 Å². The second-order valence-corrected chi connectivity index (χ2v) is 5.45. The van der Waals surface area contributed by atoms with Crippen molar-refractivity contribution in [1.29, 1.82) is 0 Å². The summed E-state index contributed by atoms with van der Waals surface area (Å²) < 4.78 is 5.64. The largest absolute Gasteiger partial charge is 0.366 e. The Morgan fingerprint density at radius 3 is 2.93 bits per heavy atom. The molecule has 2 nitrogen and oxygen atoms in total. The molecule has 1 heterocycles. The Balaban J connectivity index is 1.99. The summed E-state index contributed by atoms with van der Waals surface area (Å²) in [7, 11) is 0. The predicted molar refractivity (Wildman–Crippen MR) is 59.7 cm³/mol. The molecule has 0 aromatic rings. The van der Waals surface area contributed by atoms with E-state index >= 15 is 0 Å². The van der Waals surface area contributed by atoms with Gasteiger partial charge < -0.3 is 4.74 Å². The summed E-state index contributed by atoms with van der Waals surface area (Å²) in [6.45, 7) is 7.89. The van der Waals surface area contributed by atoms with Crippen LogP contribution in [0.25, 0.3) is 0 Å². The van der Waals surface area contributed by atoms with Gasteiger partial charge in [0.25, 0.3) is 0 Å². The third kappa shape index (κ3) is 1.87. The van der Waals surface area contributed by atoms with Crippen LogP contribution in [0.4, 0.5) is 0 Å². The van der Waals surface area contributed by atoms with E-state index in [-0.39, 0.29) is 11.0 Å². The van der Waals surface area contributed by atoms with Gasteiger partial charge in [-0.2, -0.15) is 0 Å². The molecule has 1 saturated heterocycles. The topological polar surface area (TPSA) is 29.6 Å². The molecule has 3 atom stereocenters. The minimum Gasteiger partial charge on any atom is -0.366 e. The molecule has 15 heavy (non-hydrogen) atoms. The van der Waals surface area contributed by atoms with Gasteiger partial charge in [0.1, 0.15) is 5.78 Å². The van der Waals surface area contributed by atoms with Gasteiger partial charge in [-0.25, -0.2) is 0 Å². The number of fused-ring (bicyclic) bond motifs is 1. The first-order valence-electron chi connectivity index (χ1n) is 5.82. The lowest BCUT2D eigenvalue weighted by Gasteiger charge is -2.33. The molecule has 2 fully saturated rings. The molecular formula is C13H20O2. The summed E-state index contributed by atoms with van der Waals surface area (Å²) in [5.41, 5.74) is -0.137. The van der Waals surface area contributed by atoms with E-state index in [0.29, 0.717) is 18.3 Å². The number of Topliss-reactive ketones (excluding diaryl/α,β-unsaturated/α-hetero) is 1. The number of carbonyl (C=O) groups is 1. The fourth-order valence-corrected chi connectivity index (χ4v) is 2.90. The molecule has 0 aromatic heterocycles.